The van der Waals surface area contributed by atoms with Gasteiger partial charge in [0.05, 0.1) is 0 Å². The second-order valence-electron chi connectivity index (χ2n) is 8.44. The molecule has 148 valence electrons. The summed E-state index contributed by atoms with van der Waals surface area (Å²) in [7, 11) is -0.0565. The highest BCUT2D eigenvalue weighted by Crippen LogP contribution is 2.41. The molecule has 0 amide bonds. The summed E-state index contributed by atoms with van der Waals surface area (Å²) in [6.07, 6.45) is 0. The average molecular weight is 387 g/mol. The Morgan fingerprint density at radius 3 is 1.00 bits per heavy atom. The van der Waals surface area contributed by atoms with E-state index in [9.17, 15) is 0 Å². The van der Waals surface area contributed by atoms with Crippen LogP contribution in [0.1, 0.15) is 101 Å². The fourth-order valence-electron chi connectivity index (χ4n) is 3.31. The van der Waals surface area contributed by atoms with E-state index in [1.807, 2.05) is 0 Å². The van der Waals surface area contributed by atoms with Crippen LogP contribution in [0.2, 0.25) is 0 Å². The molecular formula is C24H35O2P. The van der Waals surface area contributed by atoms with Crippen molar-refractivity contribution in [3.05, 3.63) is 58.7 Å². The maximum absolute atomic E-state index is 6.27. The Bertz CT molecular complexity index is 632. The number of hydrogen-bond acceptors (Lipinski definition) is 2. The van der Waals surface area contributed by atoms with Gasteiger partial charge in [-0.3, -0.25) is 0 Å². The summed E-state index contributed by atoms with van der Waals surface area (Å²) in [5.41, 5.74) is 4.99. The summed E-state index contributed by atoms with van der Waals surface area (Å²) in [5, 5.41) is 0. The van der Waals surface area contributed by atoms with Crippen molar-refractivity contribution in [1.82, 2.24) is 0 Å². The fraction of sp³-hybridized carbons (Fsp3) is 0.500. The molecule has 0 radical (unpaired) electrons. The summed E-state index contributed by atoms with van der Waals surface area (Å²) in [4.78, 5) is 0. The molecule has 2 rings (SSSR count). The van der Waals surface area contributed by atoms with E-state index >= 15 is 0 Å². The smallest absolute Gasteiger partial charge is 0.275 e. The molecule has 0 fully saturated rings. The Labute approximate surface area is 167 Å². The topological polar surface area (TPSA) is 18.5 Å². The van der Waals surface area contributed by atoms with E-state index < -0.39 is 0 Å². The summed E-state index contributed by atoms with van der Waals surface area (Å²) in [6.45, 7) is 17.7. The molecule has 0 aliphatic rings. The van der Waals surface area contributed by atoms with Crippen molar-refractivity contribution in [2.24, 2.45) is 0 Å². The van der Waals surface area contributed by atoms with Crippen molar-refractivity contribution >= 4 is 9.03 Å². The lowest BCUT2D eigenvalue weighted by Crippen LogP contribution is -2.02. The zero-order valence-corrected chi connectivity index (χ0v) is 19.1. The van der Waals surface area contributed by atoms with Crippen LogP contribution in [0.4, 0.5) is 0 Å². The van der Waals surface area contributed by atoms with Gasteiger partial charge in [0.15, 0.2) is 0 Å². The second kappa shape index (κ2) is 9.60. The van der Waals surface area contributed by atoms with Gasteiger partial charge in [-0.05, 0) is 45.9 Å². The van der Waals surface area contributed by atoms with Crippen LogP contribution in [0.3, 0.4) is 0 Å². The van der Waals surface area contributed by atoms with Crippen molar-refractivity contribution in [1.29, 1.82) is 0 Å². The van der Waals surface area contributed by atoms with Crippen molar-refractivity contribution in [2.75, 3.05) is 0 Å². The van der Waals surface area contributed by atoms with Gasteiger partial charge in [0.25, 0.3) is 9.03 Å². The lowest BCUT2D eigenvalue weighted by molar-refractivity contribution is 0.492. The molecule has 0 saturated heterocycles. The van der Waals surface area contributed by atoms with Gasteiger partial charge in [0.1, 0.15) is 11.5 Å². The van der Waals surface area contributed by atoms with Gasteiger partial charge < -0.3 is 9.05 Å². The van der Waals surface area contributed by atoms with Gasteiger partial charge in [-0.1, -0.05) is 91.8 Å². The van der Waals surface area contributed by atoms with Crippen LogP contribution in [0.5, 0.6) is 11.5 Å². The lowest BCUT2D eigenvalue weighted by Gasteiger charge is -2.22. The summed E-state index contributed by atoms with van der Waals surface area (Å²) in [6, 6.07) is 12.9. The average Bonchev–Trinajstić information content (AvgIpc) is 2.61. The molecule has 0 saturated carbocycles. The zero-order valence-electron chi connectivity index (χ0n) is 18.1. The first-order valence-electron chi connectivity index (χ1n) is 10.1. The summed E-state index contributed by atoms with van der Waals surface area (Å²) in [5.74, 6) is 3.65. The molecule has 0 atom stereocenters. The third-order valence-corrected chi connectivity index (χ3v) is 5.50. The molecule has 0 unspecified atom stereocenters. The highest BCUT2D eigenvalue weighted by atomic mass is 31.1. The predicted octanol–water partition coefficient (Wildman–Crippen LogP) is 8.15. The van der Waals surface area contributed by atoms with Crippen molar-refractivity contribution in [3.63, 3.8) is 0 Å². The van der Waals surface area contributed by atoms with Crippen LogP contribution in [-0.2, 0) is 0 Å². The molecule has 3 heteroatoms. The largest absolute Gasteiger partial charge is 0.440 e. The van der Waals surface area contributed by atoms with Crippen molar-refractivity contribution in [2.45, 2.75) is 79.1 Å². The Hall–Kier alpha value is -1.53. The fourth-order valence-corrected chi connectivity index (χ4v) is 3.99. The minimum atomic E-state index is -0.0565. The van der Waals surface area contributed by atoms with E-state index in [0.717, 1.165) is 11.5 Å². The predicted molar refractivity (Wildman–Crippen MR) is 119 cm³/mol. The van der Waals surface area contributed by atoms with Crippen LogP contribution in [-0.4, -0.2) is 0 Å². The highest BCUT2D eigenvalue weighted by molar-refractivity contribution is 7.27. The molecule has 0 N–H and O–H groups in total. The van der Waals surface area contributed by atoms with E-state index in [2.05, 4.69) is 91.8 Å². The van der Waals surface area contributed by atoms with E-state index in [-0.39, 0.29) is 9.03 Å². The number of benzene rings is 2. The number of hydrogen-bond donors (Lipinski definition) is 0. The molecule has 2 aromatic rings. The van der Waals surface area contributed by atoms with Gasteiger partial charge in [-0.15, -0.1) is 0 Å². The van der Waals surface area contributed by atoms with Gasteiger partial charge in [-0.2, -0.15) is 0 Å². The van der Waals surface area contributed by atoms with E-state index in [1.165, 1.54) is 22.3 Å². The monoisotopic (exact) mass is 386 g/mol. The first kappa shape index (κ1) is 21.8. The van der Waals surface area contributed by atoms with Gasteiger partial charge >= 0.3 is 0 Å². The Morgan fingerprint density at radius 1 is 0.519 bits per heavy atom. The van der Waals surface area contributed by atoms with Crippen LogP contribution < -0.4 is 9.05 Å². The number of rotatable bonds is 8. The SMILES string of the molecule is CC(C)c1cccc(C(C)C)c1OPOc1c(C(C)C)cccc1C(C)C. The van der Waals surface area contributed by atoms with E-state index in [1.54, 1.807) is 0 Å². The normalized spacial score (nSPS) is 11.7. The summed E-state index contributed by atoms with van der Waals surface area (Å²) < 4.78 is 12.5. The molecular weight excluding hydrogens is 351 g/mol. The molecule has 0 aromatic heterocycles. The highest BCUT2D eigenvalue weighted by Gasteiger charge is 2.18. The second-order valence-corrected chi connectivity index (χ2v) is 9.01. The third-order valence-electron chi connectivity index (χ3n) is 4.93. The standard InChI is InChI=1S/C24H35O2P/c1-15(2)19-11-9-12-20(16(3)4)23(19)25-27-26-24-21(17(5)6)13-10-14-22(24)18(7)8/h9-18,27H,1-8H3. The maximum atomic E-state index is 6.27. The number of para-hydroxylation sites is 2. The van der Waals surface area contributed by atoms with Crippen LogP contribution in [0.25, 0.3) is 0 Å². The van der Waals surface area contributed by atoms with Crippen LogP contribution >= 0.6 is 9.03 Å². The Balaban J connectivity index is 2.30. The molecule has 0 heterocycles. The third kappa shape index (κ3) is 5.26. The van der Waals surface area contributed by atoms with E-state index in [0.29, 0.717) is 23.7 Å². The summed E-state index contributed by atoms with van der Waals surface area (Å²) >= 11 is 0. The molecule has 27 heavy (non-hydrogen) atoms. The lowest BCUT2D eigenvalue weighted by atomic mass is 9.94. The quantitative estimate of drug-likeness (QED) is 0.426. The zero-order chi connectivity index (χ0) is 20.1. The molecule has 0 aliphatic heterocycles. The molecule has 0 spiro atoms. The van der Waals surface area contributed by atoms with Crippen molar-refractivity contribution < 1.29 is 9.05 Å². The van der Waals surface area contributed by atoms with Gasteiger partial charge in [-0.25, -0.2) is 0 Å². The minimum absolute atomic E-state index is 0.0565. The first-order chi connectivity index (χ1) is 12.7. The van der Waals surface area contributed by atoms with Crippen molar-refractivity contribution in [3.8, 4) is 11.5 Å². The molecule has 2 nitrogen and oxygen atoms in total. The maximum Gasteiger partial charge on any atom is 0.275 e. The molecule has 0 aliphatic carbocycles. The van der Waals surface area contributed by atoms with Gasteiger partial charge in [0.2, 0.25) is 0 Å². The molecule has 0 bridgehead atoms. The minimum Gasteiger partial charge on any atom is -0.440 e. The van der Waals surface area contributed by atoms with Crippen LogP contribution in [0, 0.1) is 0 Å². The van der Waals surface area contributed by atoms with Gasteiger partial charge in [0, 0.05) is 0 Å². The Morgan fingerprint density at radius 2 is 0.778 bits per heavy atom. The Kier molecular flexibility index (Phi) is 7.74. The van der Waals surface area contributed by atoms with E-state index in [4.69, 9.17) is 9.05 Å². The first-order valence-corrected chi connectivity index (χ1v) is 10.9. The molecule has 2 aromatic carbocycles. The van der Waals surface area contributed by atoms with Crippen LogP contribution in [0.15, 0.2) is 36.4 Å².